The Kier molecular flexibility index (Phi) is 4.06. The molecule has 0 atom stereocenters. The van der Waals surface area contributed by atoms with Crippen molar-refractivity contribution in [2.24, 2.45) is 0 Å². The average Bonchev–Trinajstić information content (AvgIpc) is 2.47. The number of benzene rings is 1. The topological polar surface area (TPSA) is 40.5 Å². The summed E-state index contributed by atoms with van der Waals surface area (Å²) in [7, 11) is 0. The molecular weight excluding hydrogens is 250 g/mol. The number of carboxylic acid groups (broad SMARTS) is 1. The molecule has 3 nitrogen and oxygen atoms in total. The lowest BCUT2D eigenvalue weighted by Crippen LogP contribution is -2.34. The van der Waals surface area contributed by atoms with Crippen LogP contribution >= 0.6 is 0 Å². The molecule has 108 valence electrons. The van der Waals surface area contributed by atoms with Crippen LogP contribution in [0.2, 0.25) is 0 Å². The first kappa shape index (κ1) is 13.6. The first-order valence-electron chi connectivity index (χ1n) is 7.78. The van der Waals surface area contributed by atoms with Gasteiger partial charge in [-0.05, 0) is 41.9 Å². The molecule has 1 heterocycles. The average molecular weight is 273 g/mol. The highest BCUT2D eigenvalue weighted by atomic mass is 16.4. The van der Waals surface area contributed by atoms with E-state index >= 15 is 0 Å². The molecular formula is C17H23NO2. The van der Waals surface area contributed by atoms with E-state index < -0.39 is 5.97 Å². The van der Waals surface area contributed by atoms with E-state index in [1.165, 1.54) is 48.8 Å². The molecule has 2 aliphatic rings. The van der Waals surface area contributed by atoms with Gasteiger partial charge in [0.05, 0.1) is 6.54 Å². The molecule has 1 aliphatic heterocycles. The van der Waals surface area contributed by atoms with Gasteiger partial charge in [0, 0.05) is 13.1 Å². The van der Waals surface area contributed by atoms with E-state index in [1.807, 2.05) is 4.90 Å². The van der Waals surface area contributed by atoms with E-state index in [-0.39, 0.29) is 6.54 Å². The summed E-state index contributed by atoms with van der Waals surface area (Å²) in [5.74, 6) is 0.0263. The van der Waals surface area contributed by atoms with Crippen molar-refractivity contribution in [3.63, 3.8) is 0 Å². The molecule has 0 radical (unpaired) electrons. The second-order valence-electron chi connectivity index (χ2n) is 6.22. The smallest absolute Gasteiger partial charge is 0.317 e. The minimum Gasteiger partial charge on any atom is -0.480 e. The minimum absolute atomic E-state index is 0.157. The van der Waals surface area contributed by atoms with Crippen molar-refractivity contribution >= 4 is 5.97 Å². The largest absolute Gasteiger partial charge is 0.480 e. The first-order chi connectivity index (χ1) is 9.72. The van der Waals surface area contributed by atoms with E-state index in [1.54, 1.807) is 0 Å². The van der Waals surface area contributed by atoms with Gasteiger partial charge in [0.15, 0.2) is 0 Å². The number of hydrogen-bond donors (Lipinski definition) is 1. The van der Waals surface area contributed by atoms with E-state index in [0.29, 0.717) is 0 Å². The number of rotatable bonds is 3. The maximum Gasteiger partial charge on any atom is 0.317 e. The SMILES string of the molecule is O=C(O)CN1CCc2cc(C3CCCCC3)ccc2C1. The Balaban J connectivity index is 1.72. The Bertz CT molecular complexity index is 492. The van der Waals surface area contributed by atoms with Crippen molar-refractivity contribution in [3.8, 4) is 0 Å². The highest BCUT2D eigenvalue weighted by Crippen LogP contribution is 2.34. The molecule has 1 aromatic carbocycles. The maximum atomic E-state index is 10.8. The van der Waals surface area contributed by atoms with Crippen LogP contribution in [0.3, 0.4) is 0 Å². The van der Waals surface area contributed by atoms with E-state index in [4.69, 9.17) is 5.11 Å². The molecule has 20 heavy (non-hydrogen) atoms. The third-order valence-electron chi connectivity index (χ3n) is 4.76. The van der Waals surface area contributed by atoms with E-state index in [2.05, 4.69) is 18.2 Å². The number of aliphatic carboxylic acids is 1. The highest BCUT2D eigenvalue weighted by Gasteiger charge is 2.21. The van der Waals surface area contributed by atoms with Crippen LogP contribution in [-0.4, -0.2) is 29.1 Å². The van der Waals surface area contributed by atoms with Gasteiger partial charge in [-0.15, -0.1) is 0 Å². The standard InChI is InChI=1S/C17H23NO2/c19-17(20)12-18-9-8-15-10-14(6-7-16(15)11-18)13-4-2-1-3-5-13/h6-7,10,13H,1-5,8-9,11-12H2,(H,19,20). The minimum atomic E-state index is -0.729. The van der Waals surface area contributed by atoms with Crippen molar-refractivity contribution in [2.45, 2.75) is 51.0 Å². The number of nitrogens with zero attached hydrogens (tertiary/aromatic N) is 1. The summed E-state index contributed by atoms with van der Waals surface area (Å²) in [6, 6.07) is 6.90. The molecule has 0 bridgehead atoms. The van der Waals surface area contributed by atoms with Gasteiger partial charge in [0.1, 0.15) is 0 Å². The fourth-order valence-electron chi connectivity index (χ4n) is 3.65. The first-order valence-corrected chi connectivity index (χ1v) is 7.78. The zero-order valence-electron chi connectivity index (χ0n) is 12.0. The van der Waals surface area contributed by atoms with Gasteiger partial charge in [-0.25, -0.2) is 0 Å². The van der Waals surface area contributed by atoms with Gasteiger partial charge in [0.25, 0.3) is 0 Å². The van der Waals surface area contributed by atoms with Crippen LogP contribution in [0.15, 0.2) is 18.2 Å². The second kappa shape index (κ2) is 5.96. The van der Waals surface area contributed by atoms with Crippen molar-refractivity contribution in [2.75, 3.05) is 13.1 Å². The van der Waals surface area contributed by atoms with Crippen LogP contribution in [0.1, 0.15) is 54.7 Å². The molecule has 3 heteroatoms. The van der Waals surface area contributed by atoms with Gasteiger partial charge in [-0.2, -0.15) is 0 Å². The third kappa shape index (κ3) is 3.04. The lowest BCUT2D eigenvalue weighted by atomic mass is 9.82. The second-order valence-corrected chi connectivity index (χ2v) is 6.22. The zero-order valence-corrected chi connectivity index (χ0v) is 12.0. The Labute approximate surface area is 120 Å². The number of fused-ring (bicyclic) bond motifs is 1. The van der Waals surface area contributed by atoms with Crippen molar-refractivity contribution < 1.29 is 9.90 Å². The maximum absolute atomic E-state index is 10.8. The van der Waals surface area contributed by atoms with Crippen LogP contribution < -0.4 is 0 Å². The molecule has 3 rings (SSSR count). The van der Waals surface area contributed by atoms with Crippen LogP contribution in [0.25, 0.3) is 0 Å². The summed E-state index contributed by atoms with van der Waals surface area (Å²) in [4.78, 5) is 12.8. The van der Waals surface area contributed by atoms with E-state index in [9.17, 15) is 4.79 Å². The van der Waals surface area contributed by atoms with Crippen molar-refractivity contribution in [3.05, 3.63) is 34.9 Å². The molecule has 0 unspecified atom stereocenters. The normalized spacial score (nSPS) is 20.6. The van der Waals surface area contributed by atoms with Crippen LogP contribution in [-0.2, 0) is 17.8 Å². The van der Waals surface area contributed by atoms with Crippen LogP contribution in [0, 0.1) is 0 Å². The fourth-order valence-corrected chi connectivity index (χ4v) is 3.65. The van der Waals surface area contributed by atoms with Gasteiger partial charge in [-0.3, -0.25) is 9.69 Å². The predicted octanol–water partition coefficient (Wildman–Crippen LogP) is 3.18. The molecule has 0 amide bonds. The van der Waals surface area contributed by atoms with Gasteiger partial charge in [0.2, 0.25) is 0 Å². The summed E-state index contributed by atoms with van der Waals surface area (Å²) in [6.07, 6.45) is 7.80. The molecule has 0 aromatic heterocycles. The lowest BCUT2D eigenvalue weighted by Gasteiger charge is -2.29. The summed E-state index contributed by atoms with van der Waals surface area (Å²) < 4.78 is 0. The highest BCUT2D eigenvalue weighted by molar-refractivity contribution is 5.69. The lowest BCUT2D eigenvalue weighted by molar-refractivity contribution is -0.138. The summed E-state index contributed by atoms with van der Waals surface area (Å²) >= 11 is 0. The number of hydrogen-bond acceptors (Lipinski definition) is 2. The Morgan fingerprint density at radius 2 is 2.00 bits per heavy atom. The summed E-state index contributed by atoms with van der Waals surface area (Å²) in [6.45, 7) is 1.81. The van der Waals surface area contributed by atoms with Crippen molar-refractivity contribution in [1.29, 1.82) is 0 Å². The van der Waals surface area contributed by atoms with Gasteiger partial charge < -0.3 is 5.11 Å². The molecule has 1 saturated carbocycles. The Morgan fingerprint density at radius 1 is 1.20 bits per heavy atom. The Hall–Kier alpha value is -1.35. The number of carboxylic acids is 1. The van der Waals surface area contributed by atoms with Crippen LogP contribution in [0.5, 0.6) is 0 Å². The third-order valence-corrected chi connectivity index (χ3v) is 4.76. The van der Waals surface area contributed by atoms with Crippen molar-refractivity contribution in [1.82, 2.24) is 4.90 Å². The monoisotopic (exact) mass is 273 g/mol. The van der Waals surface area contributed by atoms with Gasteiger partial charge in [-0.1, -0.05) is 37.5 Å². The molecule has 1 aromatic rings. The summed E-state index contributed by atoms with van der Waals surface area (Å²) in [5, 5.41) is 8.89. The molecule has 0 spiro atoms. The zero-order chi connectivity index (χ0) is 13.9. The van der Waals surface area contributed by atoms with Gasteiger partial charge >= 0.3 is 5.97 Å². The van der Waals surface area contributed by atoms with Crippen LogP contribution in [0.4, 0.5) is 0 Å². The fraction of sp³-hybridized carbons (Fsp3) is 0.588. The molecule has 1 N–H and O–H groups in total. The molecule has 1 fully saturated rings. The Morgan fingerprint density at radius 3 is 2.75 bits per heavy atom. The van der Waals surface area contributed by atoms with E-state index in [0.717, 1.165) is 25.4 Å². The molecule has 1 aliphatic carbocycles. The predicted molar refractivity (Wildman–Crippen MR) is 78.9 cm³/mol. The quantitative estimate of drug-likeness (QED) is 0.919. The number of carbonyl (C=O) groups is 1. The molecule has 0 saturated heterocycles. The summed E-state index contributed by atoms with van der Waals surface area (Å²) in [5.41, 5.74) is 4.27.